The number of hydrogen-bond acceptors (Lipinski definition) is 5. The number of unbranched alkanes of at least 4 members (excludes halogenated alkanes) is 2. The fourth-order valence-corrected chi connectivity index (χ4v) is 1.34. The van der Waals surface area contributed by atoms with Crippen molar-refractivity contribution < 1.29 is 23.5 Å². The lowest BCUT2D eigenvalue weighted by Gasteiger charge is -2.14. The van der Waals surface area contributed by atoms with E-state index in [0.29, 0.717) is 6.61 Å². The van der Waals surface area contributed by atoms with Crippen LogP contribution in [0.15, 0.2) is 12.7 Å². The van der Waals surface area contributed by atoms with Gasteiger partial charge in [0, 0.05) is 0 Å². The third kappa shape index (κ3) is 8.36. The molecule has 0 saturated carbocycles. The van der Waals surface area contributed by atoms with Gasteiger partial charge in [-0.2, -0.15) is 4.58 Å². The van der Waals surface area contributed by atoms with Crippen molar-refractivity contribution >= 4 is 9.05 Å². The van der Waals surface area contributed by atoms with E-state index in [9.17, 15) is 0 Å². The van der Waals surface area contributed by atoms with Crippen LogP contribution in [0.1, 0.15) is 26.2 Å². The molecule has 0 aromatic carbocycles. The maximum atomic E-state index is 9.08. The topological polar surface area (TPSA) is 68.2 Å². The molecule has 6 heteroatoms. The molecule has 0 unspecified atom stereocenters. The van der Waals surface area contributed by atoms with E-state index < -0.39 is 9.05 Å². The van der Waals surface area contributed by atoms with Gasteiger partial charge in [-0.25, -0.2) is 4.89 Å². The van der Waals surface area contributed by atoms with E-state index in [4.69, 9.17) is 9.59 Å². The molecule has 0 amide bonds. The van der Waals surface area contributed by atoms with Gasteiger partial charge in [-0.1, -0.05) is 25.8 Å². The molecule has 0 atom stereocenters. The highest BCUT2D eigenvalue weighted by molar-refractivity contribution is 6.49. The van der Waals surface area contributed by atoms with E-state index in [1.165, 1.54) is 6.08 Å². The zero-order valence-corrected chi connectivity index (χ0v) is 9.44. The number of hydrogen-bond donors (Lipinski definition) is 2. The zero-order valence-electron chi connectivity index (χ0n) is 8.44. The van der Waals surface area contributed by atoms with Crippen LogP contribution in [0.25, 0.3) is 0 Å². The second-order valence-electron chi connectivity index (χ2n) is 2.76. The molecule has 0 aromatic rings. The molecular formula is C8H18O5Si. The van der Waals surface area contributed by atoms with Gasteiger partial charge in [0.15, 0.2) is 0 Å². The fraction of sp³-hybridized carbons (Fsp3) is 0.750. The van der Waals surface area contributed by atoms with Crippen molar-refractivity contribution in [1.82, 2.24) is 0 Å². The Labute approximate surface area is 85.3 Å². The van der Waals surface area contributed by atoms with Crippen molar-refractivity contribution in [3.05, 3.63) is 12.7 Å². The molecule has 0 rings (SSSR count). The standard InChI is InChI=1S/C8H18O5Si/c1-3-5-6-8-11-13-14(9,10)12-7-4-2/h4,9-10H,2-3,5-8H2,1H3. The molecule has 0 aliphatic rings. The summed E-state index contributed by atoms with van der Waals surface area (Å²) < 4.78 is 8.93. The number of rotatable bonds is 9. The van der Waals surface area contributed by atoms with Gasteiger partial charge < -0.3 is 14.0 Å². The first-order chi connectivity index (χ1) is 6.62. The molecule has 0 aliphatic heterocycles. The molecule has 5 nitrogen and oxygen atoms in total. The minimum absolute atomic E-state index is 0.0253. The summed E-state index contributed by atoms with van der Waals surface area (Å²) in [6, 6.07) is 0. The smallest absolute Gasteiger partial charge is 0.366 e. The Morgan fingerprint density at radius 1 is 1.36 bits per heavy atom. The van der Waals surface area contributed by atoms with Crippen molar-refractivity contribution in [2.45, 2.75) is 26.2 Å². The first kappa shape index (κ1) is 13.8. The van der Waals surface area contributed by atoms with E-state index in [1.54, 1.807) is 0 Å². The van der Waals surface area contributed by atoms with E-state index in [1.807, 2.05) is 0 Å². The predicted molar refractivity (Wildman–Crippen MR) is 52.9 cm³/mol. The van der Waals surface area contributed by atoms with Gasteiger partial charge in [0.2, 0.25) is 0 Å². The van der Waals surface area contributed by atoms with Gasteiger partial charge >= 0.3 is 9.05 Å². The van der Waals surface area contributed by atoms with Crippen molar-refractivity contribution in [2.24, 2.45) is 0 Å². The van der Waals surface area contributed by atoms with Gasteiger partial charge in [-0.3, -0.25) is 0 Å². The molecule has 14 heavy (non-hydrogen) atoms. The van der Waals surface area contributed by atoms with Gasteiger partial charge in [-0.05, 0) is 6.42 Å². The Hall–Kier alpha value is -0.243. The molecule has 0 aliphatic carbocycles. The third-order valence-electron chi connectivity index (χ3n) is 1.39. The molecule has 0 spiro atoms. The molecule has 84 valence electrons. The summed E-state index contributed by atoms with van der Waals surface area (Å²) in [6.45, 7) is 5.78. The van der Waals surface area contributed by atoms with Crippen molar-refractivity contribution in [2.75, 3.05) is 13.2 Å². The summed E-state index contributed by atoms with van der Waals surface area (Å²) in [7, 11) is -4.08. The van der Waals surface area contributed by atoms with Crippen LogP contribution >= 0.6 is 0 Å². The maximum Gasteiger partial charge on any atom is 0.702 e. The Morgan fingerprint density at radius 3 is 2.64 bits per heavy atom. The molecule has 0 aromatic heterocycles. The van der Waals surface area contributed by atoms with Gasteiger partial charge in [0.25, 0.3) is 0 Å². The lowest BCUT2D eigenvalue weighted by atomic mass is 10.3. The molecular weight excluding hydrogens is 204 g/mol. The normalized spacial score (nSPS) is 11.6. The summed E-state index contributed by atoms with van der Waals surface area (Å²) in [6.07, 6.45) is 4.30. The van der Waals surface area contributed by atoms with E-state index in [0.717, 1.165) is 19.3 Å². The second-order valence-corrected chi connectivity index (χ2v) is 4.31. The highest BCUT2D eigenvalue weighted by Gasteiger charge is 2.38. The van der Waals surface area contributed by atoms with E-state index >= 15 is 0 Å². The van der Waals surface area contributed by atoms with Crippen LogP contribution in [0.3, 0.4) is 0 Å². The Morgan fingerprint density at radius 2 is 2.07 bits per heavy atom. The highest BCUT2D eigenvalue weighted by atomic mass is 28.4. The predicted octanol–water partition coefficient (Wildman–Crippen LogP) is 0.748. The summed E-state index contributed by atoms with van der Waals surface area (Å²) >= 11 is 0. The molecule has 0 bridgehead atoms. The van der Waals surface area contributed by atoms with Crippen LogP contribution in [0.5, 0.6) is 0 Å². The van der Waals surface area contributed by atoms with Crippen LogP contribution in [0.4, 0.5) is 0 Å². The molecule has 2 N–H and O–H groups in total. The monoisotopic (exact) mass is 222 g/mol. The quantitative estimate of drug-likeness (QED) is 0.198. The summed E-state index contributed by atoms with van der Waals surface area (Å²) in [5.41, 5.74) is 0. The van der Waals surface area contributed by atoms with E-state index in [2.05, 4.69) is 27.4 Å². The first-order valence-electron chi connectivity index (χ1n) is 4.62. The largest absolute Gasteiger partial charge is 0.702 e. The summed E-state index contributed by atoms with van der Waals surface area (Å²) in [4.78, 5) is 22.8. The van der Waals surface area contributed by atoms with Crippen molar-refractivity contribution in [1.29, 1.82) is 0 Å². The summed E-state index contributed by atoms with van der Waals surface area (Å²) in [5, 5.41) is 0. The Kier molecular flexibility index (Phi) is 7.96. The fourth-order valence-electron chi connectivity index (χ4n) is 0.721. The van der Waals surface area contributed by atoms with Gasteiger partial charge in [0.1, 0.15) is 0 Å². The van der Waals surface area contributed by atoms with Gasteiger partial charge in [0.05, 0.1) is 13.2 Å². The summed E-state index contributed by atoms with van der Waals surface area (Å²) in [5.74, 6) is 0. The minimum Gasteiger partial charge on any atom is -0.366 e. The van der Waals surface area contributed by atoms with Gasteiger partial charge in [-0.15, -0.1) is 6.58 Å². The minimum atomic E-state index is -4.08. The SMILES string of the molecule is C=CCO[Si](O)(O)OOCCCCC. The third-order valence-corrected chi connectivity index (χ3v) is 2.27. The Bertz CT molecular complexity index is 151. The van der Waals surface area contributed by atoms with Crippen LogP contribution in [0, 0.1) is 0 Å². The van der Waals surface area contributed by atoms with E-state index in [-0.39, 0.29) is 6.61 Å². The van der Waals surface area contributed by atoms with Crippen LogP contribution in [-0.4, -0.2) is 31.9 Å². The zero-order chi connectivity index (χ0) is 10.9. The lowest BCUT2D eigenvalue weighted by Crippen LogP contribution is -2.43. The molecule has 0 fully saturated rings. The maximum absolute atomic E-state index is 9.08. The first-order valence-corrected chi connectivity index (χ1v) is 6.33. The van der Waals surface area contributed by atoms with Crippen molar-refractivity contribution in [3.63, 3.8) is 0 Å². The lowest BCUT2D eigenvalue weighted by molar-refractivity contribution is -0.265. The average Bonchev–Trinajstić information content (AvgIpc) is 2.15. The highest BCUT2D eigenvalue weighted by Crippen LogP contribution is 2.01. The van der Waals surface area contributed by atoms with Crippen LogP contribution < -0.4 is 0 Å². The second kappa shape index (κ2) is 8.10. The molecule has 0 heterocycles. The van der Waals surface area contributed by atoms with Crippen LogP contribution in [-0.2, 0) is 13.9 Å². The van der Waals surface area contributed by atoms with Crippen LogP contribution in [0.2, 0.25) is 0 Å². The molecule has 0 saturated heterocycles. The van der Waals surface area contributed by atoms with Crippen molar-refractivity contribution in [3.8, 4) is 0 Å². The molecule has 0 radical (unpaired) electrons. The average molecular weight is 222 g/mol. The Balaban J connectivity index is 3.39.